The number of anilines is 1. The molecule has 3 aromatic rings. The van der Waals surface area contributed by atoms with Crippen LogP contribution in [0.2, 0.25) is 0 Å². The average molecular weight is 394 g/mol. The van der Waals surface area contributed by atoms with Crippen molar-refractivity contribution in [2.45, 2.75) is 6.92 Å². The van der Waals surface area contributed by atoms with Crippen LogP contribution >= 0.6 is 0 Å². The Balaban J connectivity index is 1.46. The summed E-state index contributed by atoms with van der Waals surface area (Å²) in [4.78, 5) is 25.3. The lowest BCUT2D eigenvalue weighted by Gasteiger charge is -2.35. The first-order valence-electron chi connectivity index (χ1n) is 9.40. The van der Waals surface area contributed by atoms with Crippen molar-refractivity contribution in [2.75, 3.05) is 31.1 Å². The second-order valence-corrected chi connectivity index (χ2v) is 7.01. The van der Waals surface area contributed by atoms with Crippen molar-refractivity contribution in [3.8, 4) is 11.4 Å². The molecule has 0 spiro atoms. The topological polar surface area (TPSA) is 49.3 Å². The minimum absolute atomic E-state index is 0.108. The summed E-state index contributed by atoms with van der Waals surface area (Å²) in [5, 5.41) is 0. The fraction of sp³-hybridized carbons (Fsp3) is 0.227. The van der Waals surface area contributed by atoms with Crippen LogP contribution in [0, 0.1) is 18.6 Å². The number of carbonyl (C=O) groups excluding carboxylic acids is 1. The number of hydrogen-bond donors (Lipinski definition) is 0. The Morgan fingerprint density at radius 2 is 1.79 bits per heavy atom. The molecular weight excluding hydrogens is 374 g/mol. The number of rotatable bonds is 3. The molecule has 1 aliphatic heterocycles. The highest BCUT2D eigenvalue weighted by Crippen LogP contribution is 2.21. The van der Waals surface area contributed by atoms with Gasteiger partial charge in [-0.15, -0.1) is 0 Å². The molecule has 0 N–H and O–H groups in total. The third kappa shape index (κ3) is 4.08. The first-order chi connectivity index (χ1) is 14.0. The molecule has 0 radical (unpaired) electrons. The normalized spacial score (nSPS) is 14.2. The van der Waals surface area contributed by atoms with E-state index in [-0.39, 0.29) is 5.56 Å². The number of benzene rings is 2. The Morgan fingerprint density at radius 1 is 1.00 bits per heavy atom. The fourth-order valence-electron chi connectivity index (χ4n) is 3.42. The highest BCUT2D eigenvalue weighted by atomic mass is 19.1. The lowest BCUT2D eigenvalue weighted by molar-refractivity contribution is 0.0741. The van der Waals surface area contributed by atoms with E-state index in [1.807, 2.05) is 37.3 Å². The maximum Gasteiger partial charge on any atom is 0.256 e. The summed E-state index contributed by atoms with van der Waals surface area (Å²) in [6.45, 7) is 4.02. The number of amides is 1. The number of aryl methyl sites for hydroxylation is 1. The lowest BCUT2D eigenvalue weighted by Crippen LogP contribution is -2.49. The van der Waals surface area contributed by atoms with E-state index in [1.165, 1.54) is 6.07 Å². The van der Waals surface area contributed by atoms with E-state index in [2.05, 4.69) is 14.9 Å². The third-order valence-corrected chi connectivity index (χ3v) is 4.97. The van der Waals surface area contributed by atoms with Gasteiger partial charge in [0.1, 0.15) is 17.5 Å². The van der Waals surface area contributed by atoms with Crippen LogP contribution in [0.4, 0.5) is 14.6 Å². The van der Waals surface area contributed by atoms with Gasteiger partial charge in [0.05, 0.1) is 5.56 Å². The molecule has 0 aliphatic carbocycles. The maximum absolute atomic E-state index is 13.9. The van der Waals surface area contributed by atoms with E-state index in [4.69, 9.17) is 0 Å². The van der Waals surface area contributed by atoms with Crippen molar-refractivity contribution in [1.82, 2.24) is 14.9 Å². The number of hydrogen-bond acceptors (Lipinski definition) is 4. The van der Waals surface area contributed by atoms with Gasteiger partial charge in [0.25, 0.3) is 5.91 Å². The molecule has 5 nitrogen and oxygen atoms in total. The summed E-state index contributed by atoms with van der Waals surface area (Å²) in [6.07, 6.45) is 1.73. The molecular formula is C22H20F2N4O. The zero-order valence-electron chi connectivity index (χ0n) is 16.0. The maximum atomic E-state index is 13.9. The third-order valence-electron chi connectivity index (χ3n) is 4.97. The molecule has 0 bridgehead atoms. The highest BCUT2D eigenvalue weighted by molar-refractivity contribution is 5.94. The van der Waals surface area contributed by atoms with Crippen molar-refractivity contribution in [1.29, 1.82) is 0 Å². The Hall–Kier alpha value is -3.35. The number of halogens is 2. The van der Waals surface area contributed by atoms with Crippen LogP contribution in [0.15, 0.2) is 54.7 Å². The molecule has 2 heterocycles. The molecule has 1 aromatic heterocycles. The van der Waals surface area contributed by atoms with Gasteiger partial charge in [-0.05, 0) is 31.2 Å². The van der Waals surface area contributed by atoms with E-state index in [9.17, 15) is 13.6 Å². The lowest BCUT2D eigenvalue weighted by atomic mass is 10.1. The van der Waals surface area contributed by atoms with Gasteiger partial charge in [-0.3, -0.25) is 4.79 Å². The Kier molecular flexibility index (Phi) is 5.20. The van der Waals surface area contributed by atoms with E-state index in [0.29, 0.717) is 32.0 Å². The smallest absolute Gasteiger partial charge is 0.256 e. The van der Waals surface area contributed by atoms with Gasteiger partial charge in [0.2, 0.25) is 0 Å². The summed E-state index contributed by atoms with van der Waals surface area (Å²) in [6, 6.07) is 12.9. The minimum atomic E-state index is -0.837. The molecule has 0 unspecified atom stereocenters. The van der Waals surface area contributed by atoms with Gasteiger partial charge in [-0.2, -0.15) is 0 Å². The van der Waals surface area contributed by atoms with Crippen LogP contribution in [0.3, 0.4) is 0 Å². The standard InChI is InChI=1S/C22H20F2N4O/c1-15-3-2-4-16(13-15)21-25-8-7-20(26-21)27-9-11-28(12-10-27)22(29)18-6-5-17(23)14-19(18)24/h2-8,13-14H,9-12H2,1H3. The Labute approximate surface area is 167 Å². The molecule has 0 saturated carbocycles. The quantitative estimate of drug-likeness (QED) is 0.680. The number of nitrogens with zero attached hydrogens (tertiary/aromatic N) is 4. The molecule has 1 amide bonds. The second kappa shape index (κ2) is 7.95. The zero-order valence-corrected chi connectivity index (χ0v) is 16.0. The minimum Gasteiger partial charge on any atom is -0.353 e. The van der Waals surface area contributed by atoms with Gasteiger partial charge in [-0.1, -0.05) is 23.8 Å². The molecule has 2 aromatic carbocycles. The van der Waals surface area contributed by atoms with E-state index in [0.717, 1.165) is 29.1 Å². The van der Waals surface area contributed by atoms with Crippen LogP contribution in [-0.2, 0) is 0 Å². The average Bonchev–Trinajstić information content (AvgIpc) is 2.73. The molecule has 1 fully saturated rings. The second-order valence-electron chi connectivity index (χ2n) is 7.01. The van der Waals surface area contributed by atoms with Crippen molar-refractivity contribution < 1.29 is 13.6 Å². The summed E-state index contributed by atoms with van der Waals surface area (Å²) in [7, 11) is 0. The van der Waals surface area contributed by atoms with Gasteiger partial charge in [0, 0.05) is 44.0 Å². The summed E-state index contributed by atoms with van der Waals surface area (Å²) in [5.41, 5.74) is 1.98. The Bertz CT molecular complexity index is 1050. The van der Waals surface area contributed by atoms with Crippen LogP contribution < -0.4 is 4.90 Å². The summed E-state index contributed by atoms with van der Waals surface area (Å²) < 4.78 is 27.0. The van der Waals surface area contributed by atoms with Crippen LogP contribution in [0.5, 0.6) is 0 Å². The number of carbonyl (C=O) groups is 1. The monoisotopic (exact) mass is 394 g/mol. The van der Waals surface area contributed by atoms with Crippen molar-refractivity contribution >= 4 is 11.7 Å². The SMILES string of the molecule is Cc1cccc(-c2nccc(N3CCN(C(=O)c4ccc(F)cc4F)CC3)n2)c1. The van der Waals surface area contributed by atoms with E-state index >= 15 is 0 Å². The van der Waals surface area contributed by atoms with Gasteiger partial charge in [0.15, 0.2) is 5.82 Å². The Morgan fingerprint density at radius 3 is 2.52 bits per heavy atom. The fourth-order valence-corrected chi connectivity index (χ4v) is 3.42. The molecule has 1 saturated heterocycles. The molecule has 1 aliphatic rings. The predicted octanol–water partition coefficient (Wildman–Crippen LogP) is 3.69. The van der Waals surface area contributed by atoms with Gasteiger partial charge < -0.3 is 9.80 Å². The predicted molar refractivity (Wildman–Crippen MR) is 107 cm³/mol. The van der Waals surface area contributed by atoms with Crippen LogP contribution in [0.25, 0.3) is 11.4 Å². The van der Waals surface area contributed by atoms with E-state index < -0.39 is 17.5 Å². The number of piperazine rings is 1. The molecule has 7 heteroatoms. The van der Waals surface area contributed by atoms with Gasteiger partial charge >= 0.3 is 0 Å². The first kappa shape index (κ1) is 19.0. The van der Waals surface area contributed by atoms with Crippen LogP contribution in [-0.4, -0.2) is 47.0 Å². The number of aromatic nitrogens is 2. The van der Waals surface area contributed by atoms with Crippen molar-refractivity contribution in [2.24, 2.45) is 0 Å². The molecule has 4 rings (SSSR count). The van der Waals surface area contributed by atoms with Crippen LogP contribution in [0.1, 0.15) is 15.9 Å². The first-order valence-corrected chi connectivity index (χ1v) is 9.40. The van der Waals surface area contributed by atoms with Crippen molar-refractivity contribution in [3.63, 3.8) is 0 Å². The van der Waals surface area contributed by atoms with Gasteiger partial charge in [-0.25, -0.2) is 18.7 Å². The summed E-state index contributed by atoms with van der Waals surface area (Å²) in [5.74, 6) is -0.520. The van der Waals surface area contributed by atoms with Crippen molar-refractivity contribution in [3.05, 3.63) is 77.5 Å². The van der Waals surface area contributed by atoms with E-state index in [1.54, 1.807) is 11.1 Å². The largest absolute Gasteiger partial charge is 0.353 e. The molecule has 0 atom stereocenters. The molecule has 148 valence electrons. The summed E-state index contributed by atoms with van der Waals surface area (Å²) >= 11 is 0. The highest BCUT2D eigenvalue weighted by Gasteiger charge is 2.25. The molecule has 29 heavy (non-hydrogen) atoms. The zero-order chi connectivity index (χ0) is 20.4.